The van der Waals surface area contributed by atoms with E-state index in [0.717, 1.165) is 17.3 Å². The molecule has 1 aromatic heterocycles. The third kappa shape index (κ3) is 2.50. The van der Waals surface area contributed by atoms with Crippen LogP contribution in [0.25, 0.3) is 17.4 Å². The molecule has 1 N–H and O–H groups in total. The summed E-state index contributed by atoms with van der Waals surface area (Å²) in [5.41, 5.74) is 0.732. The molecule has 3 rings (SSSR count). The molecule has 1 aromatic carbocycles. The Kier molecular flexibility index (Phi) is 3.15. The number of amides is 2. The Balaban J connectivity index is 1.87. The summed E-state index contributed by atoms with van der Waals surface area (Å²) in [4.78, 5) is 22.7. The lowest BCUT2D eigenvalue weighted by Crippen LogP contribution is -2.17. The number of benzene rings is 1. The number of rotatable bonds is 2. The molecule has 1 aliphatic heterocycles. The molecule has 1 aliphatic rings. The van der Waals surface area contributed by atoms with Gasteiger partial charge in [-0.3, -0.25) is 14.9 Å². The summed E-state index contributed by atoms with van der Waals surface area (Å²) in [6, 6.07) is 9.29. The molecular formula is C14H8FNO3S. The molecular weight excluding hydrogens is 281 g/mol. The Morgan fingerprint density at radius 2 is 1.85 bits per heavy atom. The van der Waals surface area contributed by atoms with Crippen LogP contribution in [0, 0.1) is 5.82 Å². The number of nitrogens with one attached hydrogen (secondary N) is 1. The maximum Gasteiger partial charge on any atom is 0.290 e. The molecule has 1 fully saturated rings. The van der Waals surface area contributed by atoms with Crippen LogP contribution in [0.2, 0.25) is 0 Å². The van der Waals surface area contributed by atoms with E-state index in [2.05, 4.69) is 5.32 Å². The largest absolute Gasteiger partial charge is 0.457 e. The highest BCUT2D eigenvalue weighted by Crippen LogP contribution is 2.28. The van der Waals surface area contributed by atoms with E-state index >= 15 is 0 Å². The van der Waals surface area contributed by atoms with E-state index in [-0.39, 0.29) is 10.7 Å². The van der Waals surface area contributed by atoms with Gasteiger partial charge in [0.15, 0.2) is 0 Å². The predicted octanol–water partition coefficient (Wildman–Crippen LogP) is 3.41. The Morgan fingerprint density at radius 3 is 2.50 bits per heavy atom. The van der Waals surface area contributed by atoms with Crippen molar-refractivity contribution in [3.05, 3.63) is 52.9 Å². The Bertz CT molecular complexity index is 718. The fourth-order valence-corrected chi connectivity index (χ4v) is 2.41. The molecule has 2 amide bonds. The molecule has 0 bridgehead atoms. The summed E-state index contributed by atoms with van der Waals surface area (Å²) in [5.74, 6) is 0.267. The van der Waals surface area contributed by atoms with Crippen LogP contribution in [-0.4, -0.2) is 11.1 Å². The first kappa shape index (κ1) is 12.7. The van der Waals surface area contributed by atoms with Crippen LogP contribution in [0.1, 0.15) is 5.76 Å². The number of halogens is 1. The summed E-state index contributed by atoms with van der Waals surface area (Å²) in [5, 5.41) is 1.77. The van der Waals surface area contributed by atoms with Crippen LogP contribution in [0.4, 0.5) is 9.18 Å². The van der Waals surface area contributed by atoms with Crippen molar-refractivity contribution in [1.29, 1.82) is 0 Å². The molecule has 2 aromatic rings. The maximum atomic E-state index is 12.8. The second kappa shape index (κ2) is 4.97. The lowest BCUT2D eigenvalue weighted by Gasteiger charge is -1.96. The van der Waals surface area contributed by atoms with Crippen molar-refractivity contribution in [2.45, 2.75) is 0 Å². The van der Waals surface area contributed by atoms with E-state index in [4.69, 9.17) is 4.42 Å². The van der Waals surface area contributed by atoms with E-state index in [1.165, 1.54) is 18.2 Å². The van der Waals surface area contributed by atoms with Gasteiger partial charge in [-0.25, -0.2) is 4.39 Å². The van der Waals surface area contributed by atoms with Crippen LogP contribution in [-0.2, 0) is 4.79 Å². The van der Waals surface area contributed by atoms with Gasteiger partial charge in [-0.05, 0) is 48.2 Å². The minimum atomic E-state index is -0.431. The van der Waals surface area contributed by atoms with Gasteiger partial charge < -0.3 is 4.42 Å². The first-order valence-electron chi connectivity index (χ1n) is 5.72. The molecule has 0 atom stereocenters. The quantitative estimate of drug-likeness (QED) is 0.861. The topological polar surface area (TPSA) is 59.3 Å². The van der Waals surface area contributed by atoms with Gasteiger partial charge in [0.1, 0.15) is 17.3 Å². The number of carbonyl (C=O) groups excluding carboxylic acids is 2. The van der Waals surface area contributed by atoms with Gasteiger partial charge >= 0.3 is 0 Å². The SMILES string of the molecule is O=C1NC(=O)/C(=C/c2ccc(-c3ccc(F)cc3)o2)S1. The molecule has 6 heteroatoms. The van der Waals surface area contributed by atoms with Crippen molar-refractivity contribution in [3.8, 4) is 11.3 Å². The zero-order valence-electron chi connectivity index (χ0n) is 10.1. The molecule has 1 saturated heterocycles. The van der Waals surface area contributed by atoms with E-state index in [9.17, 15) is 14.0 Å². The lowest BCUT2D eigenvalue weighted by atomic mass is 10.2. The molecule has 0 radical (unpaired) electrons. The summed E-state index contributed by atoms with van der Waals surface area (Å²) < 4.78 is 18.4. The molecule has 2 heterocycles. The zero-order chi connectivity index (χ0) is 14.1. The average molecular weight is 289 g/mol. The Labute approximate surface area is 117 Å². The number of furan rings is 1. The monoisotopic (exact) mass is 289 g/mol. The van der Waals surface area contributed by atoms with Crippen LogP contribution < -0.4 is 5.32 Å². The van der Waals surface area contributed by atoms with E-state index in [1.54, 1.807) is 24.3 Å². The Hall–Kier alpha value is -2.34. The number of thioether (sulfide) groups is 1. The molecule has 0 spiro atoms. The fourth-order valence-electron chi connectivity index (χ4n) is 1.75. The third-order valence-electron chi connectivity index (χ3n) is 2.67. The van der Waals surface area contributed by atoms with Crippen molar-refractivity contribution in [3.63, 3.8) is 0 Å². The van der Waals surface area contributed by atoms with Gasteiger partial charge in [0.05, 0.1) is 4.91 Å². The zero-order valence-corrected chi connectivity index (χ0v) is 10.9. The van der Waals surface area contributed by atoms with Crippen LogP contribution in [0.15, 0.2) is 45.7 Å². The number of carbonyl (C=O) groups is 2. The van der Waals surface area contributed by atoms with Crippen molar-refractivity contribution >= 4 is 29.0 Å². The van der Waals surface area contributed by atoms with Crippen molar-refractivity contribution in [2.75, 3.05) is 0 Å². The summed E-state index contributed by atoms with van der Waals surface area (Å²) in [6.07, 6.45) is 1.50. The normalized spacial score (nSPS) is 16.8. The average Bonchev–Trinajstić information content (AvgIpc) is 2.98. The second-order valence-electron chi connectivity index (χ2n) is 4.06. The first-order chi connectivity index (χ1) is 9.61. The smallest absolute Gasteiger partial charge is 0.290 e. The van der Waals surface area contributed by atoms with Gasteiger partial charge in [-0.15, -0.1) is 0 Å². The van der Waals surface area contributed by atoms with Crippen LogP contribution in [0.5, 0.6) is 0 Å². The van der Waals surface area contributed by atoms with Gasteiger partial charge in [0.2, 0.25) is 0 Å². The van der Waals surface area contributed by atoms with E-state index in [0.29, 0.717) is 11.5 Å². The van der Waals surface area contributed by atoms with Crippen LogP contribution >= 0.6 is 11.8 Å². The minimum Gasteiger partial charge on any atom is -0.457 e. The van der Waals surface area contributed by atoms with Gasteiger partial charge in [0.25, 0.3) is 11.1 Å². The van der Waals surface area contributed by atoms with Crippen molar-refractivity contribution < 1.29 is 18.4 Å². The lowest BCUT2D eigenvalue weighted by molar-refractivity contribution is -0.115. The molecule has 0 saturated carbocycles. The summed E-state index contributed by atoms with van der Waals surface area (Å²) in [7, 11) is 0. The summed E-state index contributed by atoms with van der Waals surface area (Å²) in [6.45, 7) is 0. The number of hydrogen-bond donors (Lipinski definition) is 1. The summed E-state index contributed by atoms with van der Waals surface area (Å²) >= 11 is 0.827. The third-order valence-corrected chi connectivity index (χ3v) is 3.48. The second-order valence-corrected chi connectivity index (χ2v) is 5.08. The van der Waals surface area contributed by atoms with Gasteiger partial charge in [-0.2, -0.15) is 0 Å². The van der Waals surface area contributed by atoms with Crippen molar-refractivity contribution in [1.82, 2.24) is 5.32 Å². The van der Waals surface area contributed by atoms with Gasteiger partial charge in [0, 0.05) is 11.6 Å². The van der Waals surface area contributed by atoms with Crippen molar-refractivity contribution in [2.24, 2.45) is 0 Å². The highest BCUT2D eigenvalue weighted by atomic mass is 32.2. The van der Waals surface area contributed by atoms with E-state index in [1.807, 2.05) is 0 Å². The highest BCUT2D eigenvalue weighted by molar-refractivity contribution is 8.18. The minimum absolute atomic E-state index is 0.287. The highest BCUT2D eigenvalue weighted by Gasteiger charge is 2.25. The Morgan fingerprint density at radius 1 is 1.10 bits per heavy atom. The molecule has 100 valence electrons. The van der Waals surface area contributed by atoms with Crippen LogP contribution in [0.3, 0.4) is 0 Å². The molecule has 4 nitrogen and oxygen atoms in total. The number of hydrogen-bond acceptors (Lipinski definition) is 4. The molecule has 0 unspecified atom stereocenters. The van der Waals surface area contributed by atoms with Gasteiger partial charge in [-0.1, -0.05) is 0 Å². The molecule has 20 heavy (non-hydrogen) atoms. The number of imide groups is 1. The fraction of sp³-hybridized carbons (Fsp3) is 0. The first-order valence-corrected chi connectivity index (χ1v) is 6.54. The predicted molar refractivity (Wildman–Crippen MR) is 73.2 cm³/mol. The van der Waals surface area contributed by atoms with E-state index < -0.39 is 11.1 Å². The molecule has 0 aliphatic carbocycles. The standard InChI is InChI=1S/C14H8FNO3S/c15-9-3-1-8(2-4-9)11-6-5-10(19-11)7-12-13(17)16-14(18)20-12/h1-7H,(H,16,17,18)/b12-7-. The maximum absolute atomic E-state index is 12.8.